The number of benzene rings is 3. The Morgan fingerprint density at radius 1 is 1.05 bits per heavy atom. The summed E-state index contributed by atoms with van der Waals surface area (Å²) in [4.78, 5) is 53.1. The number of aryl methyl sites for hydroxylation is 1. The first-order chi connectivity index (χ1) is 19.8. The number of primary amides is 1. The van der Waals surface area contributed by atoms with Gasteiger partial charge in [-0.1, -0.05) is 48.5 Å². The fourth-order valence-corrected chi connectivity index (χ4v) is 4.40. The number of nitrogens with one attached hydrogen (secondary N) is 2. The van der Waals surface area contributed by atoms with Gasteiger partial charge in [0.05, 0.1) is 6.07 Å². The second-order valence-corrected chi connectivity index (χ2v) is 10.8. The molecule has 0 fully saturated rings. The van der Waals surface area contributed by atoms with E-state index in [9.17, 15) is 29.5 Å². The summed E-state index contributed by atoms with van der Waals surface area (Å²) in [6, 6.07) is 16.6. The molecule has 0 saturated heterocycles. The summed E-state index contributed by atoms with van der Waals surface area (Å²) >= 11 is 0. The van der Waals surface area contributed by atoms with E-state index in [-0.39, 0.29) is 24.2 Å². The zero-order valence-electron chi connectivity index (χ0n) is 24.0. The van der Waals surface area contributed by atoms with Crippen LogP contribution < -0.4 is 16.4 Å². The van der Waals surface area contributed by atoms with Gasteiger partial charge in [-0.25, -0.2) is 4.79 Å². The number of rotatable bonds is 10. The summed E-state index contributed by atoms with van der Waals surface area (Å²) < 4.78 is 5.29. The molecule has 0 spiro atoms. The lowest BCUT2D eigenvalue weighted by Gasteiger charge is -2.33. The number of phenolic OH excluding ortho intramolecular Hbond substituents is 1. The molecule has 0 saturated carbocycles. The standard InChI is InChI=1S/C31H35N5O6/c1-19-8-7-11-23(27(19)38)26(28(39)34-22-13-12-20-9-5-6-10-21(20)18-22)36(17-16-32)29(40)24(14-15-25(33)37)35-30(41)42-31(2,3)4/h5-13,18,24,26,38H,14-15,17H2,1-4H3,(H2,33,37)(H,34,39)(H,35,41). The van der Waals surface area contributed by atoms with Gasteiger partial charge in [-0.05, 0) is 62.6 Å². The van der Waals surface area contributed by atoms with Crippen molar-refractivity contribution < 1.29 is 29.0 Å². The number of carbonyl (C=O) groups excluding carboxylic acids is 4. The van der Waals surface area contributed by atoms with E-state index in [1.54, 1.807) is 52.0 Å². The predicted octanol–water partition coefficient (Wildman–Crippen LogP) is 4.04. The predicted molar refractivity (Wildman–Crippen MR) is 157 cm³/mol. The van der Waals surface area contributed by atoms with Crippen molar-refractivity contribution in [2.45, 2.75) is 58.2 Å². The van der Waals surface area contributed by atoms with Gasteiger partial charge in [-0.2, -0.15) is 5.26 Å². The topological polar surface area (TPSA) is 175 Å². The number of anilines is 1. The van der Waals surface area contributed by atoms with Gasteiger partial charge >= 0.3 is 6.09 Å². The Kier molecular flexibility index (Phi) is 10.1. The maximum absolute atomic E-state index is 14.0. The highest BCUT2D eigenvalue weighted by Gasteiger charge is 2.38. The van der Waals surface area contributed by atoms with E-state index in [0.29, 0.717) is 11.3 Å². The number of para-hydroxylation sites is 1. The van der Waals surface area contributed by atoms with Crippen molar-refractivity contribution in [3.63, 3.8) is 0 Å². The molecule has 3 aromatic carbocycles. The Balaban J connectivity index is 2.06. The molecular formula is C31H35N5O6. The van der Waals surface area contributed by atoms with Crippen molar-refractivity contribution >= 4 is 40.3 Å². The fraction of sp³-hybridized carbons (Fsp3) is 0.323. The van der Waals surface area contributed by atoms with Crippen LogP contribution in [-0.2, 0) is 19.1 Å². The summed E-state index contributed by atoms with van der Waals surface area (Å²) in [6.45, 7) is 5.98. The molecule has 4 amide bonds. The maximum Gasteiger partial charge on any atom is 0.408 e. The van der Waals surface area contributed by atoms with Crippen LogP contribution in [0.2, 0.25) is 0 Å². The molecule has 3 rings (SSSR count). The zero-order chi connectivity index (χ0) is 31.0. The van der Waals surface area contributed by atoms with Gasteiger partial charge in [0.25, 0.3) is 5.91 Å². The number of nitriles is 1. The highest BCUT2D eigenvalue weighted by Crippen LogP contribution is 2.33. The summed E-state index contributed by atoms with van der Waals surface area (Å²) in [5, 5.41) is 27.7. The molecule has 220 valence electrons. The molecule has 0 aliphatic carbocycles. The van der Waals surface area contributed by atoms with Gasteiger partial charge in [0, 0.05) is 17.7 Å². The lowest BCUT2D eigenvalue weighted by molar-refractivity contribution is -0.140. The van der Waals surface area contributed by atoms with Crippen molar-refractivity contribution in [3.8, 4) is 11.8 Å². The van der Waals surface area contributed by atoms with E-state index in [1.807, 2.05) is 36.4 Å². The van der Waals surface area contributed by atoms with Crippen molar-refractivity contribution in [1.29, 1.82) is 5.26 Å². The molecule has 0 aliphatic heterocycles. The monoisotopic (exact) mass is 573 g/mol. The molecule has 11 nitrogen and oxygen atoms in total. The third-order valence-corrected chi connectivity index (χ3v) is 6.33. The smallest absolute Gasteiger partial charge is 0.408 e. The SMILES string of the molecule is Cc1cccc(C(C(=O)Nc2ccc3ccccc3c2)N(CC#N)C(=O)C(CCC(N)=O)NC(=O)OC(C)(C)C)c1O. The van der Waals surface area contributed by atoms with Crippen molar-refractivity contribution in [1.82, 2.24) is 10.2 Å². The first-order valence-corrected chi connectivity index (χ1v) is 13.3. The Bertz CT molecular complexity index is 1520. The molecule has 11 heteroatoms. The Morgan fingerprint density at radius 3 is 2.38 bits per heavy atom. The number of amides is 4. The number of carbonyl (C=O) groups is 4. The van der Waals surface area contributed by atoms with Gasteiger partial charge < -0.3 is 31.1 Å². The molecule has 0 radical (unpaired) electrons. The normalized spacial score (nSPS) is 12.5. The first kappa shape index (κ1) is 31.4. The maximum atomic E-state index is 14.0. The van der Waals surface area contributed by atoms with Gasteiger partial charge in [-0.15, -0.1) is 0 Å². The average Bonchev–Trinajstić information content (AvgIpc) is 2.91. The van der Waals surface area contributed by atoms with Crippen LogP contribution in [0.3, 0.4) is 0 Å². The van der Waals surface area contributed by atoms with E-state index in [2.05, 4.69) is 10.6 Å². The second kappa shape index (κ2) is 13.5. The highest BCUT2D eigenvalue weighted by atomic mass is 16.6. The minimum absolute atomic E-state index is 0.0720. The molecule has 5 N–H and O–H groups in total. The second-order valence-electron chi connectivity index (χ2n) is 10.8. The molecule has 0 heterocycles. The number of fused-ring (bicyclic) bond motifs is 1. The molecule has 0 bridgehead atoms. The van der Waals surface area contributed by atoms with Crippen molar-refractivity contribution in [2.75, 3.05) is 11.9 Å². The van der Waals surface area contributed by atoms with Crippen LogP contribution in [0.25, 0.3) is 10.8 Å². The lowest BCUT2D eigenvalue weighted by atomic mass is 9.98. The Labute approximate surface area is 244 Å². The molecule has 2 unspecified atom stereocenters. The first-order valence-electron chi connectivity index (χ1n) is 13.3. The minimum atomic E-state index is -1.49. The van der Waals surface area contributed by atoms with Crippen LogP contribution >= 0.6 is 0 Å². The van der Waals surface area contributed by atoms with Crippen LogP contribution in [-0.4, -0.2) is 52.0 Å². The number of phenols is 1. The molecule has 42 heavy (non-hydrogen) atoms. The molecule has 0 aromatic heterocycles. The summed E-state index contributed by atoms with van der Waals surface area (Å²) in [7, 11) is 0. The van der Waals surface area contributed by atoms with Crippen LogP contribution in [0.1, 0.15) is 50.8 Å². The van der Waals surface area contributed by atoms with E-state index in [4.69, 9.17) is 10.5 Å². The van der Waals surface area contributed by atoms with E-state index < -0.39 is 48.0 Å². The largest absolute Gasteiger partial charge is 0.507 e. The fourth-order valence-electron chi connectivity index (χ4n) is 4.40. The Hall–Kier alpha value is -5.11. The number of hydrogen-bond acceptors (Lipinski definition) is 7. The third kappa shape index (κ3) is 8.20. The van der Waals surface area contributed by atoms with Crippen molar-refractivity contribution in [2.24, 2.45) is 5.73 Å². The number of nitrogens with zero attached hydrogens (tertiary/aromatic N) is 2. The third-order valence-electron chi connectivity index (χ3n) is 6.33. The van der Waals surface area contributed by atoms with Crippen LogP contribution in [0.15, 0.2) is 60.7 Å². The zero-order valence-corrected chi connectivity index (χ0v) is 24.0. The number of ether oxygens (including phenoxy) is 1. The molecule has 2 atom stereocenters. The van der Waals surface area contributed by atoms with E-state index in [1.165, 1.54) is 6.07 Å². The quantitative estimate of drug-likeness (QED) is 0.265. The number of aromatic hydroxyl groups is 1. The van der Waals surface area contributed by atoms with Gasteiger partial charge in [0.1, 0.15) is 30.0 Å². The van der Waals surface area contributed by atoms with Crippen LogP contribution in [0, 0.1) is 18.3 Å². The van der Waals surface area contributed by atoms with Gasteiger partial charge in [0.2, 0.25) is 11.8 Å². The van der Waals surface area contributed by atoms with Crippen molar-refractivity contribution in [3.05, 3.63) is 71.8 Å². The summed E-state index contributed by atoms with van der Waals surface area (Å²) in [5.74, 6) is -2.50. The number of nitrogens with two attached hydrogens (primary N) is 1. The van der Waals surface area contributed by atoms with Crippen LogP contribution in [0.4, 0.5) is 10.5 Å². The summed E-state index contributed by atoms with van der Waals surface area (Å²) in [6.07, 6.45) is -1.41. The molecule has 3 aromatic rings. The summed E-state index contributed by atoms with van der Waals surface area (Å²) in [5.41, 5.74) is 5.37. The number of hydrogen-bond donors (Lipinski definition) is 4. The Morgan fingerprint density at radius 2 is 1.74 bits per heavy atom. The molecular weight excluding hydrogens is 538 g/mol. The van der Waals surface area contributed by atoms with Crippen LogP contribution in [0.5, 0.6) is 5.75 Å². The lowest BCUT2D eigenvalue weighted by Crippen LogP contribution is -2.52. The van der Waals surface area contributed by atoms with Gasteiger partial charge in [0.15, 0.2) is 0 Å². The number of alkyl carbamates (subject to hydrolysis) is 1. The van der Waals surface area contributed by atoms with E-state index >= 15 is 0 Å². The highest BCUT2D eigenvalue weighted by molar-refractivity contribution is 6.01. The average molecular weight is 574 g/mol. The molecule has 0 aliphatic rings. The minimum Gasteiger partial charge on any atom is -0.507 e. The van der Waals surface area contributed by atoms with E-state index in [0.717, 1.165) is 15.7 Å². The van der Waals surface area contributed by atoms with Gasteiger partial charge in [-0.3, -0.25) is 14.4 Å².